The number of halogens is 1. The van der Waals surface area contributed by atoms with Gasteiger partial charge in [0, 0.05) is 17.0 Å². The Hall–Kier alpha value is -2.53. The first-order chi connectivity index (χ1) is 12.1. The van der Waals surface area contributed by atoms with Crippen LogP contribution >= 0.6 is 11.3 Å². The summed E-state index contributed by atoms with van der Waals surface area (Å²) in [6.07, 6.45) is 0.860. The lowest BCUT2D eigenvalue weighted by Crippen LogP contribution is -2.17. The van der Waals surface area contributed by atoms with Gasteiger partial charge in [0.15, 0.2) is 4.80 Å². The summed E-state index contributed by atoms with van der Waals surface area (Å²) in [5.74, 6) is -0.861. The minimum atomic E-state index is -0.435. The van der Waals surface area contributed by atoms with E-state index in [0.29, 0.717) is 11.3 Å². The molecule has 1 heterocycles. The van der Waals surface area contributed by atoms with Crippen molar-refractivity contribution in [3.63, 3.8) is 0 Å². The quantitative estimate of drug-likeness (QED) is 0.670. The second kappa shape index (κ2) is 7.57. The van der Waals surface area contributed by atoms with Crippen molar-refractivity contribution in [2.45, 2.75) is 26.8 Å². The molecule has 0 saturated carbocycles. The number of carbonyl (C=O) groups is 1. The molecule has 3 nitrogen and oxygen atoms in total. The molecule has 25 heavy (non-hydrogen) atoms. The Morgan fingerprint density at radius 1 is 1.12 bits per heavy atom. The Morgan fingerprint density at radius 2 is 1.88 bits per heavy atom. The van der Waals surface area contributed by atoms with Gasteiger partial charge in [-0.05, 0) is 37.1 Å². The van der Waals surface area contributed by atoms with Crippen molar-refractivity contribution < 1.29 is 9.18 Å². The average molecular weight is 354 g/mol. The summed E-state index contributed by atoms with van der Waals surface area (Å²) in [5.41, 5.74) is 2.47. The molecule has 0 radical (unpaired) electrons. The molecule has 0 saturated heterocycles. The lowest BCUT2D eigenvalue weighted by Gasteiger charge is -2.08. The summed E-state index contributed by atoms with van der Waals surface area (Å²) in [6, 6.07) is 15.7. The first kappa shape index (κ1) is 17.3. The van der Waals surface area contributed by atoms with E-state index < -0.39 is 11.7 Å². The van der Waals surface area contributed by atoms with Gasteiger partial charge in [0.2, 0.25) is 0 Å². The minimum absolute atomic E-state index is 0.260. The summed E-state index contributed by atoms with van der Waals surface area (Å²) in [7, 11) is 0. The van der Waals surface area contributed by atoms with Crippen LogP contribution in [0.25, 0.3) is 11.3 Å². The zero-order chi connectivity index (χ0) is 17.8. The van der Waals surface area contributed by atoms with Gasteiger partial charge >= 0.3 is 0 Å². The standard InChI is InChI=1S/C20H19FN2OS/c1-3-17-18(14-9-6-5-7-10-14)23(4-2)20(25-17)22-19(24)15-11-8-12-16(21)13-15/h5-13H,3-4H2,1-2H3. The van der Waals surface area contributed by atoms with Crippen LogP contribution in [0.1, 0.15) is 29.1 Å². The van der Waals surface area contributed by atoms with E-state index in [1.165, 1.54) is 34.4 Å². The maximum absolute atomic E-state index is 13.4. The smallest absolute Gasteiger partial charge is 0.279 e. The first-order valence-electron chi connectivity index (χ1n) is 8.26. The van der Waals surface area contributed by atoms with Gasteiger partial charge in [0.25, 0.3) is 5.91 Å². The van der Waals surface area contributed by atoms with Crippen molar-refractivity contribution in [1.82, 2.24) is 4.57 Å². The van der Waals surface area contributed by atoms with Gasteiger partial charge in [-0.2, -0.15) is 4.99 Å². The fraction of sp³-hybridized carbons (Fsp3) is 0.200. The van der Waals surface area contributed by atoms with Gasteiger partial charge in [-0.15, -0.1) is 11.3 Å². The number of amides is 1. The fourth-order valence-electron chi connectivity index (χ4n) is 2.76. The highest BCUT2D eigenvalue weighted by Gasteiger charge is 2.14. The van der Waals surface area contributed by atoms with Crippen molar-refractivity contribution in [1.29, 1.82) is 0 Å². The Balaban J connectivity index is 2.14. The summed E-state index contributed by atoms with van der Waals surface area (Å²) >= 11 is 1.51. The summed E-state index contributed by atoms with van der Waals surface area (Å²) < 4.78 is 15.4. The summed E-state index contributed by atoms with van der Waals surface area (Å²) in [5, 5.41) is 0. The number of hydrogen-bond acceptors (Lipinski definition) is 2. The Labute approximate surface area is 150 Å². The van der Waals surface area contributed by atoms with Crippen molar-refractivity contribution in [2.24, 2.45) is 4.99 Å². The van der Waals surface area contributed by atoms with Crippen LogP contribution in [0.15, 0.2) is 59.6 Å². The van der Waals surface area contributed by atoms with Crippen LogP contribution in [0, 0.1) is 5.82 Å². The van der Waals surface area contributed by atoms with Crippen LogP contribution in [0.2, 0.25) is 0 Å². The molecule has 0 bridgehead atoms. The number of hydrogen-bond donors (Lipinski definition) is 0. The van der Waals surface area contributed by atoms with Gasteiger partial charge in [0.1, 0.15) is 5.82 Å². The van der Waals surface area contributed by atoms with Crippen LogP contribution in [0.4, 0.5) is 4.39 Å². The zero-order valence-electron chi connectivity index (χ0n) is 14.2. The molecule has 1 aromatic heterocycles. The van der Waals surface area contributed by atoms with Gasteiger partial charge in [-0.1, -0.05) is 43.3 Å². The fourth-order valence-corrected chi connectivity index (χ4v) is 3.91. The van der Waals surface area contributed by atoms with Crippen LogP contribution in [-0.4, -0.2) is 10.5 Å². The third kappa shape index (κ3) is 3.61. The van der Waals surface area contributed by atoms with Gasteiger partial charge in [0.05, 0.1) is 5.69 Å². The Morgan fingerprint density at radius 3 is 2.52 bits per heavy atom. The second-order valence-corrected chi connectivity index (χ2v) is 6.61. The van der Waals surface area contributed by atoms with E-state index in [-0.39, 0.29) is 5.56 Å². The predicted molar refractivity (Wildman–Crippen MR) is 99.1 cm³/mol. The minimum Gasteiger partial charge on any atom is -0.316 e. The van der Waals surface area contributed by atoms with Gasteiger partial charge in [-0.25, -0.2) is 4.39 Å². The van der Waals surface area contributed by atoms with Crippen molar-refractivity contribution in [3.05, 3.63) is 75.7 Å². The van der Waals surface area contributed by atoms with E-state index in [9.17, 15) is 9.18 Å². The normalized spacial score (nSPS) is 11.7. The number of aryl methyl sites for hydroxylation is 1. The molecule has 1 amide bonds. The molecule has 128 valence electrons. The van der Waals surface area contributed by atoms with E-state index in [0.717, 1.165) is 17.7 Å². The van der Waals surface area contributed by atoms with Gasteiger partial charge < -0.3 is 4.57 Å². The largest absolute Gasteiger partial charge is 0.316 e. The Bertz CT molecular complexity index is 957. The number of aromatic nitrogens is 1. The van der Waals surface area contributed by atoms with E-state index in [4.69, 9.17) is 0 Å². The number of rotatable bonds is 4. The van der Waals surface area contributed by atoms with E-state index in [1.807, 2.05) is 25.1 Å². The molecule has 5 heteroatoms. The molecular weight excluding hydrogens is 335 g/mol. The van der Waals surface area contributed by atoms with Gasteiger partial charge in [-0.3, -0.25) is 4.79 Å². The lowest BCUT2D eigenvalue weighted by molar-refractivity contribution is 0.0997. The van der Waals surface area contributed by atoms with Crippen LogP contribution in [-0.2, 0) is 13.0 Å². The highest BCUT2D eigenvalue weighted by atomic mass is 32.1. The van der Waals surface area contributed by atoms with Crippen LogP contribution in [0.5, 0.6) is 0 Å². The third-order valence-electron chi connectivity index (χ3n) is 3.93. The highest BCUT2D eigenvalue weighted by Crippen LogP contribution is 2.26. The monoisotopic (exact) mass is 354 g/mol. The zero-order valence-corrected chi connectivity index (χ0v) is 15.0. The molecule has 3 aromatic rings. The number of thiazole rings is 1. The number of benzene rings is 2. The topological polar surface area (TPSA) is 34.4 Å². The molecule has 0 unspecified atom stereocenters. The molecule has 0 aliphatic heterocycles. The average Bonchev–Trinajstić information content (AvgIpc) is 2.99. The molecule has 0 aliphatic rings. The van der Waals surface area contributed by atoms with Crippen molar-refractivity contribution in [2.75, 3.05) is 0 Å². The molecule has 3 rings (SSSR count). The SMILES string of the molecule is CCc1sc(=NC(=O)c2cccc(F)c2)n(CC)c1-c1ccccc1. The Kier molecular flexibility index (Phi) is 5.24. The van der Waals surface area contributed by atoms with Crippen molar-refractivity contribution in [3.8, 4) is 11.3 Å². The lowest BCUT2D eigenvalue weighted by atomic mass is 10.1. The third-order valence-corrected chi connectivity index (χ3v) is 5.16. The molecule has 0 spiro atoms. The van der Waals surface area contributed by atoms with E-state index in [2.05, 4.69) is 28.6 Å². The number of carbonyl (C=O) groups excluding carboxylic acids is 1. The maximum atomic E-state index is 13.4. The second-order valence-electron chi connectivity index (χ2n) is 5.55. The molecule has 0 fully saturated rings. The van der Waals surface area contributed by atoms with E-state index >= 15 is 0 Å². The molecule has 0 atom stereocenters. The van der Waals surface area contributed by atoms with Crippen LogP contribution < -0.4 is 4.80 Å². The maximum Gasteiger partial charge on any atom is 0.279 e. The predicted octanol–water partition coefficient (Wildman–Crippen LogP) is 4.68. The molecular formula is C20H19FN2OS. The number of nitrogens with zero attached hydrogens (tertiary/aromatic N) is 2. The highest BCUT2D eigenvalue weighted by molar-refractivity contribution is 7.09. The van der Waals surface area contributed by atoms with Crippen molar-refractivity contribution >= 4 is 17.2 Å². The molecule has 0 N–H and O–H groups in total. The van der Waals surface area contributed by atoms with E-state index in [1.54, 1.807) is 6.07 Å². The summed E-state index contributed by atoms with van der Waals surface area (Å²) in [4.78, 5) is 18.5. The molecule has 0 aliphatic carbocycles. The molecule has 2 aromatic carbocycles. The first-order valence-corrected chi connectivity index (χ1v) is 9.08. The summed E-state index contributed by atoms with van der Waals surface area (Å²) in [6.45, 7) is 4.83. The van der Waals surface area contributed by atoms with Crippen LogP contribution in [0.3, 0.4) is 0 Å².